The van der Waals surface area contributed by atoms with Gasteiger partial charge in [0.15, 0.2) is 0 Å². The van der Waals surface area contributed by atoms with Gasteiger partial charge in [-0.05, 0) is 30.4 Å². The minimum atomic E-state index is -1.07. The van der Waals surface area contributed by atoms with Crippen LogP contribution in [0.15, 0.2) is 18.3 Å². The van der Waals surface area contributed by atoms with Crippen LogP contribution >= 0.6 is 0 Å². The van der Waals surface area contributed by atoms with E-state index >= 15 is 0 Å². The number of carboxylic acid groups (broad SMARTS) is 1. The van der Waals surface area contributed by atoms with Crippen LogP contribution in [0.1, 0.15) is 54.5 Å². The Balaban J connectivity index is 2.75. The minimum absolute atomic E-state index is 0.0187. The maximum Gasteiger partial charge on any atom is 0.326 e. The molecule has 23 heavy (non-hydrogen) atoms. The maximum absolute atomic E-state index is 12.1. The van der Waals surface area contributed by atoms with E-state index in [1.807, 2.05) is 20.8 Å². The second-order valence-electron chi connectivity index (χ2n) is 6.47. The highest BCUT2D eigenvalue weighted by Crippen LogP contribution is 2.21. The van der Waals surface area contributed by atoms with Gasteiger partial charge in [-0.2, -0.15) is 0 Å². The summed E-state index contributed by atoms with van der Waals surface area (Å²) >= 11 is 0. The summed E-state index contributed by atoms with van der Waals surface area (Å²) in [6.07, 6.45) is 2.26. The van der Waals surface area contributed by atoms with E-state index in [0.717, 1.165) is 0 Å². The van der Waals surface area contributed by atoms with E-state index in [1.54, 1.807) is 0 Å². The summed E-state index contributed by atoms with van der Waals surface area (Å²) in [5, 5.41) is 14.1. The van der Waals surface area contributed by atoms with E-state index < -0.39 is 17.9 Å². The molecular formula is C16H23N3O4. The third-order valence-corrected chi connectivity index (χ3v) is 3.27. The van der Waals surface area contributed by atoms with Gasteiger partial charge in [0.2, 0.25) is 0 Å². The Kier molecular flexibility index (Phi) is 6.24. The Morgan fingerprint density at radius 1 is 1.22 bits per heavy atom. The summed E-state index contributed by atoms with van der Waals surface area (Å²) in [5.74, 6) is -1.95. The van der Waals surface area contributed by atoms with E-state index in [-0.39, 0.29) is 22.6 Å². The number of carbonyl (C=O) groups excluding carboxylic acids is 2. The first kappa shape index (κ1) is 18.6. The molecule has 126 valence electrons. The van der Waals surface area contributed by atoms with Crippen molar-refractivity contribution in [2.45, 2.75) is 39.7 Å². The van der Waals surface area contributed by atoms with Gasteiger partial charge in [-0.15, -0.1) is 0 Å². The van der Waals surface area contributed by atoms with Crippen LogP contribution in [0.2, 0.25) is 0 Å². The zero-order valence-electron chi connectivity index (χ0n) is 13.8. The van der Waals surface area contributed by atoms with Crippen molar-refractivity contribution in [2.24, 2.45) is 5.41 Å². The normalized spacial score (nSPS) is 12.3. The molecule has 1 rings (SSSR count). The molecule has 2 amide bonds. The van der Waals surface area contributed by atoms with Crippen LogP contribution in [0.25, 0.3) is 0 Å². The molecule has 1 unspecified atom stereocenters. The van der Waals surface area contributed by atoms with E-state index in [4.69, 9.17) is 0 Å². The zero-order chi connectivity index (χ0) is 17.6. The predicted molar refractivity (Wildman–Crippen MR) is 85.2 cm³/mol. The van der Waals surface area contributed by atoms with Gasteiger partial charge in [-0.1, -0.05) is 20.8 Å². The summed E-state index contributed by atoms with van der Waals surface area (Å²) in [7, 11) is 1.48. The van der Waals surface area contributed by atoms with Gasteiger partial charge in [0, 0.05) is 13.2 Å². The van der Waals surface area contributed by atoms with Crippen LogP contribution in [-0.4, -0.2) is 41.0 Å². The minimum Gasteiger partial charge on any atom is -0.480 e. The van der Waals surface area contributed by atoms with E-state index in [2.05, 4.69) is 15.6 Å². The predicted octanol–water partition coefficient (Wildman–Crippen LogP) is 1.45. The average Bonchev–Trinajstić information content (AvgIpc) is 2.49. The molecule has 0 aliphatic heterocycles. The fourth-order valence-electron chi connectivity index (χ4n) is 1.87. The summed E-state index contributed by atoms with van der Waals surface area (Å²) in [6, 6.07) is 1.90. The molecule has 0 aromatic carbocycles. The lowest BCUT2D eigenvalue weighted by Crippen LogP contribution is -2.41. The van der Waals surface area contributed by atoms with Gasteiger partial charge in [0.05, 0.1) is 5.56 Å². The molecule has 1 aromatic rings. The molecular weight excluding hydrogens is 298 g/mol. The Hall–Kier alpha value is -2.44. The molecule has 0 spiro atoms. The average molecular weight is 321 g/mol. The lowest BCUT2D eigenvalue weighted by Gasteiger charge is -2.21. The fourth-order valence-corrected chi connectivity index (χ4v) is 1.87. The monoisotopic (exact) mass is 321 g/mol. The van der Waals surface area contributed by atoms with E-state index in [9.17, 15) is 19.5 Å². The molecule has 0 aliphatic rings. The second kappa shape index (κ2) is 7.71. The van der Waals surface area contributed by atoms with Gasteiger partial charge in [-0.3, -0.25) is 14.6 Å². The number of carbonyl (C=O) groups is 3. The van der Waals surface area contributed by atoms with Crippen molar-refractivity contribution in [3.63, 3.8) is 0 Å². The summed E-state index contributed by atoms with van der Waals surface area (Å²) in [4.78, 5) is 38.7. The number of pyridine rings is 1. The molecule has 0 aliphatic carbocycles. The van der Waals surface area contributed by atoms with Crippen LogP contribution in [0.3, 0.4) is 0 Å². The molecule has 0 saturated heterocycles. The number of aliphatic carboxylic acids is 1. The second-order valence-corrected chi connectivity index (χ2v) is 6.47. The largest absolute Gasteiger partial charge is 0.480 e. The molecule has 3 N–H and O–H groups in total. The smallest absolute Gasteiger partial charge is 0.326 e. The van der Waals surface area contributed by atoms with Crippen LogP contribution < -0.4 is 10.6 Å². The first-order valence-corrected chi connectivity index (χ1v) is 7.36. The maximum atomic E-state index is 12.1. The van der Waals surface area contributed by atoms with Crippen LogP contribution in [0.5, 0.6) is 0 Å². The molecule has 0 saturated carbocycles. The highest BCUT2D eigenvalue weighted by molar-refractivity contribution is 5.97. The fraction of sp³-hybridized carbons (Fsp3) is 0.500. The first-order chi connectivity index (χ1) is 10.6. The SMILES string of the molecule is CNC(=O)c1ccc(C(=O)NC(CCC(C)(C)C)C(=O)O)cn1. The number of hydrogen-bond donors (Lipinski definition) is 3. The Bertz CT molecular complexity index is 576. The number of hydrogen-bond acceptors (Lipinski definition) is 4. The van der Waals surface area contributed by atoms with Crippen LogP contribution in [-0.2, 0) is 4.79 Å². The quantitative estimate of drug-likeness (QED) is 0.735. The molecule has 1 atom stereocenters. The van der Waals surface area contributed by atoms with Crippen molar-refractivity contribution in [1.29, 1.82) is 0 Å². The van der Waals surface area contributed by atoms with Crippen LogP contribution in [0.4, 0.5) is 0 Å². The Morgan fingerprint density at radius 3 is 2.30 bits per heavy atom. The van der Waals surface area contributed by atoms with Crippen molar-refractivity contribution in [3.8, 4) is 0 Å². The number of rotatable bonds is 6. The molecule has 1 heterocycles. The molecule has 1 aromatic heterocycles. The highest BCUT2D eigenvalue weighted by atomic mass is 16.4. The summed E-state index contributed by atoms with van der Waals surface area (Å²) in [5.41, 5.74) is 0.376. The van der Waals surface area contributed by atoms with Crippen molar-refractivity contribution in [1.82, 2.24) is 15.6 Å². The zero-order valence-corrected chi connectivity index (χ0v) is 13.8. The van der Waals surface area contributed by atoms with Crippen molar-refractivity contribution in [3.05, 3.63) is 29.6 Å². The van der Waals surface area contributed by atoms with Crippen molar-refractivity contribution >= 4 is 17.8 Å². The Labute approximate surface area is 135 Å². The topological polar surface area (TPSA) is 108 Å². The highest BCUT2D eigenvalue weighted by Gasteiger charge is 2.23. The molecule has 0 fully saturated rings. The summed E-state index contributed by atoms with van der Waals surface area (Å²) in [6.45, 7) is 6.03. The number of aromatic nitrogens is 1. The standard InChI is InChI=1S/C16H23N3O4/c1-16(2,3)8-7-12(15(22)23)19-13(20)10-5-6-11(18-9-10)14(21)17-4/h5-6,9,12H,7-8H2,1-4H3,(H,17,21)(H,19,20)(H,22,23). The first-order valence-electron chi connectivity index (χ1n) is 7.36. The van der Waals surface area contributed by atoms with Gasteiger partial charge in [0.25, 0.3) is 11.8 Å². The molecule has 7 nitrogen and oxygen atoms in total. The lowest BCUT2D eigenvalue weighted by molar-refractivity contribution is -0.139. The van der Waals surface area contributed by atoms with E-state index in [0.29, 0.717) is 12.8 Å². The number of amides is 2. The molecule has 0 radical (unpaired) electrons. The van der Waals surface area contributed by atoms with Crippen molar-refractivity contribution < 1.29 is 19.5 Å². The van der Waals surface area contributed by atoms with Gasteiger partial charge >= 0.3 is 5.97 Å². The van der Waals surface area contributed by atoms with Gasteiger partial charge < -0.3 is 15.7 Å². The summed E-state index contributed by atoms with van der Waals surface area (Å²) < 4.78 is 0. The Morgan fingerprint density at radius 2 is 1.87 bits per heavy atom. The van der Waals surface area contributed by atoms with Crippen molar-refractivity contribution in [2.75, 3.05) is 7.05 Å². The third-order valence-electron chi connectivity index (χ3n) is 3.27. The third kappa shape index (κ3) is 6.06. The van der Waals surface area contributed by atoms with Gasteiger partial charge in [-0.25, -0.2) is 4.79 Å². The lowest BCUT2D eigenvalue weighted by atomic mass is 9.88. The van der Waals surface area contributed by atoms with E-state index in [1.165, 1.54) is 25.4 Å². The van der Waals surface area contributed by atoms with Crippen LogP contribution in [0, 0.1) is 5.41 Å². The molecule has 0 bridgehead atoms. The molecule has 7 heteroatoms. The number of carboxylic acids is 1. The van der Waals surface area contributed by atoms with Gasteiger partial charge in [0.1, 0.15) is 11.7 Å². The number of nitrogens with zero attached hydrogens (tertiary/aromatic N) is 1. The number of nitrogens with one attached hydrogen (secondary N) is 2.